The van der Waals surface area contributed by atoms with Crippen LogP contribution in [0.2, 0.25) is 0 Å². The number of thioether (sulfide) groups is 1. The van der Waals surface area contributed by atoms with E-state index in [9.17, 15) is 4.79 Å². The van der Waals surface area contributed by atoms with Crippen LogP contribution in [0, 0.1) is 0 Å². The Bertz CT molecular complexity index is 1280. The van der Waals surface area contributed by atoms with Gasteiger partial charge in [0.15, 0.2) is 16.7 Å². The van der Waals surface area contributed by atoms with Crippen LogP contribution in [0.25, 0.3) is 5.69 Å². The predicted octanol–water partition coefficient (Wildman–Crippen LogP) is 4.87. The molecule has 4 rings (SSSR count). The summed E-state index contributed by atoms with van der Waals surface area (Å²) in [6.07, 6.45) is 0.675. The second kappa shape index (κ2) is 12.1. The van der Waals surface area contributed by atoms with Gasteiger partial charge >= 0.3 is 0 Å². The Kier molecular flexibility index (Phi) is 8.46. The minimum Gasteiger partial charge on any atom is -0.493 e. The van der Waals surface area contributed by atoms with E-state index in [1.54, 1.807) is 14.2 Å². The van der Waals surface area contributed by atoms with Crippen molar-refractivity contribution < 1.29 is 14.3 Å². The fourth-order valence-electron chi connectivity index (χ4n) is 3.61. The highest BCUT2D eigenvalue weighted by Gasteiger charge is 2.21. The van der Waals surface area contributed by atoms with Gasteiger partial charge in [-0.15, -0.1) is 10.2 Å². The topological polar surface area (TPSA) is 90.3 Å². The molecular weight excluding hydrogens is 474 g/mol. The number of hydrogen-bond acceptors (Lipinski definition) is 7. The lowest BCUT2D eigenvalue weighted by molar-refractivity contribution is -0.120. The number of ether oxygens (including phenoxy) is 2. The summed E-state index contributed by atoms with van der Waals surface area (Å²) in [5.41, 5.74) is 2.86. The lowest BCUT2D eigenvalue weighted by Gasteiger charge is -2.14. The fourth-order valence-corrected chi connectivity index (χ4v) is 4.50. The first-order valence-corrected chi connectivity index (χ1v) is 12.4. The Morgan fingerprint density at radius 2 is 1.64 bits per heavy atom. The van der Waals surface area contributed by atoms with Crippen molar-refractivity contribution in [3.63, 3.8) is 0 Å². The highest BCUT2D eigenvalue weighted by atomic mass is 32.2. The van der Waals surface area contributed by atoms with Crippen LogP contribution in [0.3, 0.4) is 0 Å². The van der Waals surface area contributed by atoms with E-state index in [1.165, 1.54) is 11.8 Å². The molecule has 36 heavy (non-hydrogen) atoms. The lowest BCUT2D eigenvalue weighted by Crippen LogP contribution is -2.32. The van der Waals surface area contributed by atoms with Crippen LogP contribution in [-0.2, 0) is 11.2 Å². The van der Waals surface area contributed by atoms with Gasteiger partial charge in [0.1, 0.15) is 0 Å². The summed E-state index contributed by atoms with van der Waals surface area (Å²) in [4.78, 5) is 12.9. The van der Waals surface area contributed by atoms with Crippen molar-refractivity contribution >= 4 is 29.3 Å². The standard InChI is InChI=1S/C27H29N5O3S/c1-19(25(33)28-17-16-20-14-15-23(34-2)24(18-20)35-3)36-27-31-30-26(29-21-10-6-4-7-11-21)32(27)22-12-8-5-9-13-22/h4-15,18-19H,16-17H2,1-3H3,(H,28,33)(H,29,30)/t19-/m1/s1. The molecule has 0 aliphatic rings. The largest absolute Gasteiger partial charge is 0.493 e. The molecule has 0 fully saturated rings. The van der Waals surface area contributed by atoms with E-state index in [-0.39, 0.29) is 11.2 Å². The highest BCUT2D eigenvalue weighted by Crippen LogP contribution is 2.30. The van der Waals surface area contributed by atoms with Crippen LogP contribution < -0.4 is 20.1 Å². The Morgan fingerprint density at radius 3 is 2.33 bits per heavy atom. The second-order valence-electron chi connectivity index (χ2n) is 7.96. The van der Waals surface area contributed by atoms with Crippen molar-refractivity contribution in [3.05, 3.63) is 84.4 Å². The molecule has 4 aromatic rings. The van der Waals surface area contributed by atoms with Crippen LogP contribution in [0.4, 0.5) is 11.6 Å². The van der Waals surface area contributed by atoms with Crippen LogP contribution >= 0.6 is 11.8 Å². The predicted molar refractivity (Wildman–Crippen MR) is 143 cm³/mol. The molecule has 1 atom stereocenters. The molecule has 3 aromatic carbocycles. The van der Waals surface area contributed by atoms with Gasteiger partial charge in [-0.25, -0.2) is 0 Å². The first-order valence-electron chi connectivity index (χ1n) is 11.6. The maximum Gasteiger partial charge on any atom is 0.234 e. The van der Waals surface area contributed by atoms with Gasteiger partial charge in [-0.3, -0.25) is 9.36 Å². The number of hydrogen-bond donors (Lipinski definition) is 2. The Labute approximate surface area is 215 Å². The molecule has 1 amide bonds. The molecular formula is C27H29N5O3S. The van der Waals surface area contributed by atoms with E-state index in [1.807, 2.05) is 90.4 Å². The maximum absolute atomic E-state index is 12.9. The molecule has 1 heterocycles. The first kappa shape index (κ1) is 25.1. The van der Waals surface area contributed by atoms with Gasteiger partial charge in [0.05, 0.1) is 25.2 Å². The van der Waals surface area contributed by atoms with E-state index >= 15 is 0 Å². The number of aromatic nitrogens is 3. The summed E-state index contributed by atoms with van der Waals surface area (Å²) >= 11 is 1.36. The van der Waals surface area contributed by atoms with Crippen LogP contribution in [0.1, 0.15) is 12.5 Å². The minimum absolute atomic E-state index is 0.0688. The van der Waals surface area contributed by atoms with Gasteiger partial charge in [0.25, 0.3) is 0 Å². The number of para-hydroxylation sites is 2. The van der Waals surface area contributed by atoms with Gasteiger partial charge in [-0.2, -0.15) is 0 Å². The summed E-state index contributed by atoms with van der Waals surface area (Å²) in [5, 5.41) is 15.3. The van der Waals surface area contributed by atoms with Crippen LogP contribution in [-0.4, -0.2) is 46.7 Å². The third kappa shape index (κ3) is 6.17. The molecule has 0 aliphatic heterocycles. The number of nitrogens with zero attached hydrogens (tertiary/aromatic N) is 3. The maximum atomic E-state index is 12.9. The SMILES string of the molecule is COc1ccc(CCNC(=O)[C@@H](C)Sc2nnc(Nc3ccccc3)n2-c2ccccc2)cc1OC. The summed E-state index contributed by atoms with van der Waals surface area (Å²) in [5.74, 6) is 1.86. The molecule has 0 unspecified atom stereocenters. The van der Waals surface area contributed by atoms with Gasteiger partial charge in [0, 0.05) is 12.2 Å². The highest BCUT2D eigenvalue weighted by molar-refractivity contribution is 8.00. The number of carbonyl (C=O) groups is 1. The minimum atomic E-state index is -0.369. The summed E-state index contributed by atoms with van der Waals surface area (Å²) in [6.45, 7) is 2.37. The van der Waals surface area contributed by atoms with Crippen molar-refractivity contribution in [1.82, 2.24) is 20.1 Å². The molecule has 0 saturated heterocycles. The van der Waals surface area contributed by atoms with Crippen molar-refractivity contribution in [2.45, 2.75) is 23.8 Å². The Balaban J connectivity index is 1.42. The average molecular weight is 504 g/mol. The molecule has 0 spiro atoms. The number of benzene rings is 3. The van der Waals surface area contributed by atoms with Gasteiger partial charge < -0.3 is 20.1 Å². The van der Waals surface area contributed by atoms with Gasteiger partial charge in [0.2, 0.25) is 11.9 Å². The van der Waals surface area contributed by atoms with E-state index < -0.39 is 0 Å². The lowest BCUT2D eigenvalue weighted by atomic mass is 10.1. The number of nitrogens with one attached hydrogen (secondary N) is 2. The molecule has 2 N–H and O–H groups in total. The zero-order chi connectivity index (χ0) is 25.3. The molecule has 186 valence electrons. The molecule has 9 heteroatoms. The molecule has 0 bridgehead atoms. The monoisotopic (exact) mass is 503 g/mol. The molecule has 0 aliphatic carbocycles. The summed E-state index contributed by atoms with van der Waals surface area (Å²) < 4.78 is 12.6. The van der Waals surface area contributed by atoms with Gasteiger partial charge in [-0.05, 0) is 55.3 Å². The van der Waals surface area contributed by atoms with E-state index in [4.69, 9.17) is 9.47 Å². The number of rotatable bonds is 11. The van der Waals surface area contributed by atoms with Crippen LogP contribution in [0.5, 0.6) is 11.5 Å². The smallest absolute Gasteiger partial charge is 0.234 e. The Morgan fingerprint density at radius 1 is 0.944 bits per heavy atom. The third-order valence-corrected chi connectivity index (χ3v) is 6.53. The summed E-state index contributed by atoms with van der Waals surface area (Å²) in [6, 6.07) is 25.4. The second-order valence-corrected chi connectivity index (χ2v) is 9.27. The van der Waals surface area contributed by atoms with Crippen molar-refractivity contribution in [2.75, 3.05) is 26.1 Å². The van der Waals surface area contributed by atoms with E-state index in [0.717, 1.165) is 16.9 Å². The van der Waals surface area contributed by atoms with Crippen molar-refractivity contribution in [2.24, 2.45) is 0 Å². The number of amides is 1. The molecule has 0 radical (unpaired) electrons. The van der Waals surface area contributed by atoms with Crippen LogP contribution in [0.15, 0.2) is 84.0 Å². The quantitative estimate of drug-likeness (QED) is 0.282. The zero-order valence-electron chi connectivity index (χ0n) is 20.5. The number of carbonyl (C=O) groups excluding carboxylic acids is 1. The van der Waals surface area contributed by atoms with Crippen molar-refractivity contribution in [1.29, 1.82) is 0 Å². The average Bonchev–Trinajstić information content (AvgIpc) is 3.31. The zero-order valence-corrected chi connectivity index (χ0v) is 21.3. The third-order valence-electron chi connectivity index (χ3n) is 5.49. The summed E-state index contributed by atoms with van der Waals surface area (Å²) in [7, 11) is 3.22. The normalized spacial score (nSPS) is 11.5. The first-order chi connectivity index (χ1) is 17.6. The molecule has 8 nitrogen and oxygen atoms in total. The number of methoxy groups -OCH3 is 2. The van der Waals surface area contributed by atoms with Gasteiger partial charge in [-0.1, -0.05) is 54.2 Å². The molecule has 0 saturated carbocycles. The fraction of sp³-hybridized carbons (Fsp3) is 0.222. The van der Waals surface area contributed by atoms with E-state index in [2.05, 4.69) is 20.8 Å². The number of anilines is 2. The van der Waals surface area contributed by atoms with Crippen molar-refractivity contribution in [3.8, 4) is 17.2 Å². The molecule has 1 aromatic heterocycles. The Hall–Kier alpha value is -3.98. The van der Waals surface area contributed by atoms with E-state index in [0.29, 0.717) is 35.6 Å².